The first-order valence-electron chi connectivity index (χ1n) is 5.73. The van der Waals surface area contributed by atoms with E-state index in [-0.39, 0.29) is 0 Å². The summed E-state index contributed by atoms with van der Waals surface area (Å²) in [4.78, 5) is 2.49. The van der Waals surface area contributed by atoms with Crippen LogP contribution in [0.15, 0.2) is 22.7 Å². The molecule has 1 fully saturated rings. The lowest BCUT2D eigenvalue weighted by atomic mass is 9.93. The summed E-state index contributed by atoms with van der Waals surface area (Å²) in [7, 11) is 0. The maximum Gasteiger partial charge on any atom is 0.0371 e. The summed E-state index contributed by atoms with van der Waals surface area (Å²) in [6.45, 7) is 7.99. The Morgan fingerprint density at radius 3 is 2.75 bits per heavy atom. The van der Waals surface area contributed by atoms with Crippen molar-refractivity contribution < 1.29 is 0 Å². The van der Waals surface area contributed by atoms with Gasteiger partial charge in [0.25, 0.3) is 0 Å². The quantitative estimate of drug-likeness (QED) is 0.844. The largest absolute Gasteiger partial charge is 0.398 e. The number of hydrogen-bond donors (Lipinski definition) is 1. The fourth-order valence-electron chi connectivity index (χ4n) is 2.31. The number of rotatable bonds is 2. The van der Waals surface area contributed by atoms with Crippen molar-refractivity contribution in [2.45, 2.75) is 26.8 Å². The Hall–Kier alpha value is -0.540. The van der Waals surface area contributed by atoms with Crippen LogP contribution < -0.4 is 5.73 Å². The van der Waals surface area contributed by atoms with E-state index < -0.39 is 0 Å². The van der Waals surface area contributed by atoms with Crippen LogP contribution in [-0.2, 0) is 6.54 Å². The molecule has 0 saturated carbocycles. The maximum atomic E-state index is 6.01. The number of nitrogens with two attached hydrogens (primary N) is 1. The van der Waals surface area contributed by atoms with Crippen LogP contribution in [-0.4, -0.2) is 18.0 Å². The number of halogens is 1. The Morgan fingerprint density at radius 1 is 1.44 bits per heavy atom. The molecule has 0 aromatic heterocycles. The van der Waals surface area contributed by atoms with Crippen LogP contribution in [0.25, 0.3) is 0 Å². The van der Waals surface area contributed by atoms with E-state index in [1.54, 1.807) is 0 Å². The van der Waals surface area contributed by atoms with Gasteiger partial charge in [-0.3, -0.25) is 4.90 Å². The minimum Gasteiger partial charge on any atom is -0.398 e. The molecule has 3 heteroatoms. The van der Waals surface area contributed by atoms with Gasteiger partial charge < -0.3 is 5.73 Å². The Balaban J connectivity index is 2.05. The molecule has 0 spiro atoms. The Labute approximate surface area is 106 Å². The van der Waals surface area contributed by atoms with Gasteiger partial charge in [0.15, 0.2) is 0 Å². The molecule has 16 heavy (non-hydrogen) atoms. The molecule has 2 nitrogen and oxygen atoms in total. The average Bonchev–Trinajstić information content (AvgIpc) is 2.51. The summed E-state index contributed by atoms with van der Waals surface area (Å²) in [5.41, 5.74) is 8.60. The van der Waals surface area contributed by atoms with Crippen LogP contribution in [0.1, 0.15) is 25.8 Å². The minimum absolute atomic E-state index is 0.462. The fourth-order valence-corrected chi connectivity index (χ4v) is 2.69. The van der Waals surface area contributed by atoms with Gasteiger partial charge in [-0.25, -0.2) is 0 Å². The van der Waals surface area contributed by atoms with Crippen molar-refractivity contribution in [3.63, 3.8) is 0 Å². The van der Waals surface area contributed by atoms with Crippen LogP contribution >= 0.6 is 15.9 Å². The van der Waals surface area contributed by atoms with Gasteiger partial charge in [0, 0.05) is 23.2 Å². The maximum absolute atomic E-state index is 6.01. The average molecular weight is 283 g/mol. The van der Waals surface area contributed by atoms with E-state index in [0.29, 0.717) is 5.41 Å². The van der Waals surface area contributed by atoms with Gasteiger partial charge in [0.2, 0.25) is 0 Å². The van der Waals surface area contributed by atoms with Gasteiger partial charge in [0.05, 0.1) is 0 Å². The number of benzene rings is 1. The number of likely N-dealkylation sites (tertiary alicyclic amines) is 1. The molecule has 0 atom stereocenters. The van der Waals surface area contributed by atoms with E-state index in [1.165, 1.54) is 25.1 Å². The van der Waals surface area contributed by atoms with E-state index in [9.17, 15) is 0 Å². The first-order chi connectivity index (χ1) is 7.46. The van der Waals surface area contributed by atoms with E-state index >= 15 is 0 Å². The molecule has 0 unspecified atom stereocenters. The number of anilines is 1. The summed E-state index contributed by atoms with van der Waals surface area (Å²) in [5, 5.41) is 0. The number of nitrogens with zero attached hydrogens (tertiary/aromatic N) is 1. The summed E-state index contributed by atoms with van der Waals surface area (Å²) in [6.07, 6.45) is 1.28. The van der Waals surface area contributed by atoms with E-state index in [2.05, 4.69) is 46.8 Å². The molecule has 2 N–H and O–H groups in total. The molecule has 1 aromatic carbocycles. The first kappa shape index (κ1) is 11.9. The third kappa shape index (κ3) is 2.77. The van der Waals surface area contributed by atoms with E-state index in [4.69, 9.17) is 5.73 Å². The van der Waals surface area contributed by atoms with E-state index in [1.807, 2.05) is 6.07 Å². The second-order valence-corrected chi connectivity index (χ2v) is 6.38. The van der Waals surface area contributed by atoms with Crippen LogP contribution in [0.4, 0.5) is 5.69 Å². The molecule has 1 saturated heterocycles. The summed E-state index contributed by atoms with van der Waals surface area (Å²) < 4.78 is 1.05. The van der Waals surface area contributed by atoms with Crippen molar-refractivity contribution in [2.24, 2.45) is 5.41 Å². The molecule has 88 valence electrons. The molecule has 2 rings (SSSR count). The highest BCUT2D eigenvalue weighted by molar-refractivity contribution is 9.10. The first-order valence-corrected chi connectivity index (χ1v) is 6.52. The van der Waals surface area contributed by atoms with E-state index in [0.717, 1.165) is 16.7 Å². The SMILES string of the molecule is CC1(C)CCN(Cc2ccc(Br)cc2N)C1. The fraction of sp³-hybridized carbons (Fsp3) is 0.538. The molecule has 0 bridgehead atoms. The van der Waals surface area contributed by atoms with Crippen molar-refractivity contribution in [3.8, 4) is 0 Å². The monoisotopic (exact) mass is 282 g/mol. The Kier molecular flexibility index (Phi) is 3.27. The molecule has 0 amide bonds. The topological polar surface area (TPSA) is 29.3 Å². The molecule has 1 aliphatic heterocycles. The third-order valence-electron chi connectivity index (χ3n) is 3.26. The number of nitrogen functional groups attached to an aromatic ring is 1. The number of hydrogen-bond acceptors (Lipinski definition) is 2. The molecule has 0 radical (unpaired) electrons. The van der Waals surface area contributed by atoms with Crippen molar-refractivity contribution >= 4 is 21.6 Å². The van der Waals surface area contributed by atoms with Crippen LogP contribution in [0.5, 0.6) is 0 Å². The third-order valence-corrected chi connectivity index (χ3v) is 3.75. The molecule has 1 aromatic rings. The zero-order valence-corrected chi connectivity index (χ0v) is 11.5. The second-order valence-electron chi connectivity index (χ2n) is 5.47. The highest BCUT2D eigenvalue weighted by atomic mass is 79.9. The summed E-state index contributed by atoms with van der Waals surface area (Å²) in [6, 6.07) is 6.16. The highest BCUT2D eigenvalue weighted by Gasteiger charge is 2.29. The van der Waals surface area contributed by atoms with Gasteiger partial charge in [-0.2, -0.15) is 0 Å². The smallest absolute Gasteiger partial charge is 0.0371 e. The van der Waals surface area contributed by atoms with Gasteiger partial charge in [0.1, 0.15) is 0 Å². The predicted octanol–water partition coefficient (Wildman–Crippen LogP) is 3.26. The van der Waals surface area contributed by atoms with Gasteiger partial charge in [-0.1, -0.05) is 35.8 Å². The minimum atomic E-state index is 0.462. The van der Waals surface area contributed by atoms with Crippen molar-refractivity contribution in [3.05, 3.63) is 28.2 Å². The van der Waals surface area contributed by atoms with Gasteiger partial charge >= 0.3 is 0 Å². The Bertz CT molecular complexity index is 388. The summed E-state index contributed by atoms with van der Waals surface area (Å²) in [5.74, 6) is 0. The second kappa shape index (κ2) is 4.38. The van der Waals surface area contributed by atoms with Crippen molar-refractivity contribution in [2.75, 3.05) is 18.8 Å². The molecule has 1 aliphatic rings. The molecular formula is C13H19BrN2. The van der Waals surface area contributed by atoms with Crippen molar-refractivity contribution in [1.29, 1.82) is 0 Å². The normalized spacial score (nSPS) is 20.2. The van der Waals surface area contributed by atoms with Crippen LogP contribution in [0.2, 0.25) is 0 Å². The van der Waals surface area contributed by atoms with Crippen LogP contribution in [0.3, 0.4) is 0 Å². The highest BCUT2D eigenvalue weighted by Crippen LogP contribution is 2.30. The lowest BCUT2D eigenvalue weighted by molar-refractivity contribution is 0.285. The van der Waals surface area contributed by atoms with Gasteiger partial charge in [-0.15, -0.1) is 0 Å². The summed E-state index contributed by atoms with van der Waals surface area (Å²) >= 11 is 3.43. The standard InChI is InChI=1S/C13H19BrN2/c1-13(2)5-6-16(9-13)8-10-3-4-11(14)7-12(10)15/h3-4,7H,5-6,8-9,15H2,1-2H3. The zero-order chi connectivity index (χ0) is 11.8. The lowest BCUT2D eigenvalue weighted by Gasteiger charge is -2.20. The van der Waals surface area contributed by atoms with Gasteiger partial charge in [-0.05, 0) is 36.1 Å². The van der Waals surface area contributed by atoms with Crippen molar-refractivity contribution in [1.82, 2.24) is 4.90 Å². The predicted molar refractivity (Wildman–Crippen MR) is 72.2 cm³/mol. The molecular weight excluding hydrogens is 264 g/mol. The lowest BCUT2D eigenvalue weighted by Crippen LogP contribution is -2.23. The molecule has 1 heterocycles. The zero-order valence-electron chi connectivity index (χ0n) is 9.96. The molecule has 0 aliphatic carbocycles. The Morgan fingerprint density at radius 2 is 2.19 bits per heavy atom. The van der Waals surface area contributed by atoms with Crippen LogP contribution in [0, 0.1) is 5.41 Å².